The lowest BCUT2D eigenvalue weighted by Gasteiger charge is -2.32. The van der Waals surface area contributed by atoms with Gasteiger partial charge in [0.05, 0.1) is 5.56 Å². The van der Waals surface area contributed by atoms with Crippen LogP contribution in [0.3, 0.4) is 0 Å². The predicted octanol–water partition coefficient (Wildman–Crippen LogP) is -1.59. The van der Waals surface area contributed by atoms with Crippen molar-refractivity contribution in [1.82, 2.24) is 18.9 Å². The van der Waals surface area contributed by atoms with Gasteiger partial charge in [-0.15, -0.1) is 0 Å². The maximum atomic E-state index is 12.1. The predicted molar refractivity (Wildman–Crippen MR) is 74.1 cm³/mol. The number of piperazine rings is 1. The molecule has 0 saturated carbocycles. The van der Waals surface area contributed by atoms with E-state index in [1.165, 1.54) is 11.6 Å². The fraction of sp³-hybridized carbons (Fsp3) is 0.667. The Bertz CT molecular complexity index is 581. The zero-order valence-corrected chi connectivity index (χ0v) is 11.7. The van der Waals surface area contributed by atoms with Crippen molar-refractivity contribution in [3.63, 3.8) is 0 Å². The molecular weight excluding hydrogens is 246 g/mol. The number of rotatable bonds is 2. The van der Waals surface area contributed by atoms with Crippen molar-refractivity contribution >= 4 is 5.82 Å². The number of aromatic nitrogens is 2. The molecule has 0 spiro atoms. The highest BCUT2D eigenvalue weighted by Crippen LogP contribution is 2.09. The monoisotopic (exact) mass is 267 g/mol. The summed E-state index contributed by atoms with van der Waals surface area (Å²) < 4.78 is 2.44. The number of hydrogen-bond donors (Lipinski definition) is 1. The Hall–Kier alpha value is -1.60. The van der Waals surface area contributed by atoms with E-state index < -0.39 is 0 Å². The number of likely N-dealkylation sites (N-methyl/N-ethyl adjacent to an activating group) is 1. The van der Waals surface area contributed by atoms with E-state index in [0.717, 1.165) is 30.7 Å². The van der Waals surface area contributed by atoms with E-state index in [1.807, 2.05) is 0 Å². The molecule has 0 aliphatic carbocycles. The quantitative estimate of drug-likeness (QED) is 0.699. The number of anilines is 1. The van der Waals surface area contributed by atoms with Crippen molar-refractivity contribution < 1.29 is 0 Å². The standard InChI is InChI=1S/C12H21N5O2/c1-14-4-6-17(7-5-14)8-9-10(13)15(2)12(19)16(3)11(9)18/h4-8,13H2,1-3H3. The minimum Gasteiger partial charge on any atom is -0.385 e. The van der Waals surface area contributed by atoms with Gasteiger partial charge in [-0.2, -0.15) is 0 Å². The first-order valence-corrected chi connectivity index (χ1v) is 6.37. The first-order chi connectivity index (χ1) is 8.91. The Morgan fingerprint density at radius 2 is 1.58 bits per heavy atom. The summed E-state index contributed by atoms with van der Waals surface area (Å²) in [5.41, 5.74) is 5.74. The Labute approximate surface area is 111 Å². The highest BCUT2D eigenvalue weighted by Gasteiger charge is 2.19. The van der Waals surface area contributed by atoms with E-state index in [-0.39, 0.29) is 17.1 Å². The molecule has 7 nitrogen and oxygen atoms in total. The first kappa shape index (κ1) is 13.8. The van der Waals surface area contributed by atoms with E-state index in [4.69, 9.17) is 5.73 Å². The molecule has 0 unspecified atom stereocenters. The zero-order chi connectivity index (χ0) is 14.2. The van der Waals surface area contributed by atoms with Gasteiger partial charge in [0.2, 0.25) is 0 Å². The molecule has 1 aliphatic rings. The normalized spacial score (nSPS) is 17.8. The van der Waals surface area contributed by atoms with Crippen LogP contribution < -0.4 is 17.0 Å². The Kier molecular flexibility index (Phi) is 3.77. The lowest BCUT2D eigenvalue weighted by molar-refractivity contribution is 0.147. The second-order valence-electron chi connectivity index (χ2n) is 5.15. The number of nitrogens with two attached hydrogens (primary N) is 1. The van der Waals surface area contributed by atoms with E-state index in [0.29, 0.717) is 12.1 Å². The molecule has 1 aromatic heterocycles. The molecule has 0 atom stereocenters. The third-order valence-corrected chi connectivity index (χ3v) is 3.78. The average molecular weight is 267 g/mol. The molecule has 1 aliphatic heterocycles. The van der Waals surface area contributed by atoms with Gasteiger partial charge >= 0.3 is 5.69 Å². The molecule has 1 aromatic rings. The van der Waals surface area contributed by atoms with Crippen molar-refractivity contribution in [3.8, 4) is 0 Å². The fourth-order valence-corrected chi connectivity index (χ4v) is 2.31. The Morgan fingerprint density at radius 1 is 1.00 bits per heavy atom. The van der Waals surface area contributed by atoms with Crippen molar-refractivity contribution in [1.29, 1.82) is 0 Å². The van der Waals surface area contributed by atoms with Gasteiger partial charge < -0.3 is 10.6 Å². The van der Waals surface area contributed by atoms with Crippen molar-refractivity contribution in [2.75, 3.05) is 39.0 Å². The summed E-state index contributed by atoms with van der Waals surface area (Å²) in [7, 11) is 5.15. The first-order valence-electron chi connectivity index (χ1n) is 6.37. The van der Waals surface area contributed by atoms with Gasteiger partial charge in [-0.3, -0.25) is 18.8 Å². The fourth-order valence-electron chi connectivity index (χ4n) is 2.31. The van der Waals surface area contributed by atoms with Crippen LogP contribution in [-0.4, -0.2) is 52.2 Å². The number of nitrogen functional groups attached to an aromatic ring is 1. The average Bonchev–Trinajstić information content (AvgIpc) is 2.41. The highest BCUT2D eigenvalue weighted by molar-refractivity contribution is 5.38. The van der Waals surface area contributed by atoms with Crippen molar-refractivity contribution in [3.05, 3.63) is 26.4 Å². The minimum absolute atomic E-state index is 0.270. The summed E-state index contributed by atoms with van der Waals surface area (Å²) in [6.45, 7) is 4.27. The largest absolute Gasteiger partial charge is 0.385 e. The van der Waals surface area contributed by atoms with E-state index in [2.05, 4.69) is 16.8 Å². The summed E-state index contributed by atoms with van der Waals surface area (Å²) in [6, 6.07) is 0. The third-order valence-electron chi connectivity index (χ3n) is 3.78. The van der Waals surface area contributed by atoms with E-state index in [1.54, 1.807) is 7.05 Å². The lowest BCUT2D eigenvalue weighted by Crippen LogP contribution is -2.46. The van der Waals surface area contributed by atoms with Crippen LogP contribution in [0.25, 0.3) is 0 Å². The van der Waals surface area contributed by atoms with Crippen LogP contribution in [0.4, 0.5) is 5.82 Å². The zero-order valence-electron chi connectivity index (χ0n) is 11.7. The van der Waals surface area contributed by atoms with E-state index >= 15 is 0 Å². The van der Waals surface area contributed by atoms with Crippen LogP contribution in [0.1, 0.15) is 5.56 Å². The lowest BCUT2D eigenvalue weighted by atomic mass is 10.2. The molecule has 0 bridgehead atoms. The highest BCUT2D eigenvalue weighted by atomic mass is 16.2. The second-order valence-corrected chi connectivity index (χ2v) is 5.15. The molecule has 7 heteroatoms. The molecule has 106 valence electrons. The molecule has 2 N–H and O–H groups in total. The van der Waals surface area contributed by atoms with Gasteiger partial charge in [-0.05, 0) is 7.05 Å². The summed E-state index contributed by atoms with van der Waals surface area (Å²) >= 11 is 0. The molecule has 0 aromatic carbocycles. The van der Waals surface area contributed by atoms with Crippen LogP contribution in [0.5, 0.6) is 0 Å². The van der Waals surface area contributed by atoms with Crippen LogP contribution in [0.2, 0.25) is 0 Å². The molecule has 2 heterocycles. The molecule has 2 rings (SSSR count). The summed E-state index contributed by atoms with van der Waals surface area (Å²) in [4.78, 5) is 28.3. The molecule has 0 radical (unpaired) electrons. The van der Waals surface area contributed by atoms with Crippen molar-refractivity contribution in [2.24, 2.45) is 14.1 Å². The van der Waals surface area contributed by atoms with Gasteiger partial charge in [0.15, 0.2) is 0 Å². The van der Waals surface area contributed by atoms with Gasteiger partial charge in [-0.25, -0.2) is 4.79 Å². The topological polar surface area (TPSA) is 76.5 Å². The number of hydrogen-bond acceptors (Lipinski definition) is 5. The SMILES string of the molecule is CN1CCN(Cc2c(N)n(C)c(=O)n(C)c2=O)CC1. The van der Waals surface area contributed by atoms with E-state index in [9.17, 15) is 9.59 Å². The molecule has 0 amide bonds. The second kappa shape index (κ2) is 5.18. The van der Waals surface area contributed by atoms with Crippen LogP contribution >= 0.6 is 0 Å². The summed E-state index contributed by atoms with van der Waals surface area (Å²) in [6.07, 6.45) is 0. The van der Waals surface area contributed by atoms with Crippen LogP contribution in [0.15, 0.2) is 9.59 Å². The molecule has 1 saturated heterocycles. The van der Waals surface area contributed by atoms with Crippen LogP contribution in [-0.2, 0) is 20.6 Å². The van der Waals surface area contributed by atoms with Crippen LogP contribution in [0, 0.1) is 0 Å². The Morgan fingerprint density at radius 3 is 2.16 bits per heavy atom. The maximum Gasteiger partial charge on any atom is 0.332 e. The summed E-state index contributed by atoms with van der Waals surface area (Å²) in [5, 5.41) is 0. The Balaban J connectivity index is 2.31. The molecule has 1 fully saturated rings. The van der Waals surface area contributed by atoms with Crippen molar-refractivity contribution in [2.45, 2.75) is 6.54 Å². The van der Waals surface area contributed by atoms with Gasteiger partial charge in [-0.1, -0.05) is 0 Å². The third kappa shape index (κ3) is 2.57. The van der Waals surface area contributed by atoms with Gasteiger partial charge in [0, 0.05) is 46.8 Å². The molecular formula is C12H21N5O2. The maximum absolute atomic E-state index is 12.1. The number of nitrogens with zero attached hydrogens (tertiary/aromatic N) is 4. The minimum atomic E-state index is -0.385. The summed E-state index contributed by atoms with van der Waals surface area (Å²) in [5.74, 6) is 0.270. The molecule has 19 heavy (non-hydrogen) atoms. The van der Waals surface area contributed by atoms with Gasteiger partial charge in [0.25, 0.3) is 5.56 Å². The smallest absolute Gasteiger partial charge is 0.332 e. The van der Waals surface area contributed by atoms with Gasteiger partial charge in [0.1, 0.15) is 5.82 Å².